The number of sulfone groups is 1. The Kier molecular flexibility index (Phi) is 5.72. The van der Waals surface area contributed by atoms with Gasteiger partial charge >= 0.3 is 6.18 Å². The molecule has 1 amide bonds. The van der Waals surface area contributed by atoms with Gasteiger partial charge in [-0.1, -0.05) is 6.07 Å². The molecule has 2 heterocycles. The minimum Gasteiger partial charge on any atom is -0.480 e. The highest BCUT2D eigenvalue weighted by molar-refractivity contribution is 7.90. The minimum absolute atomic E-state index is 0.0537. The molecule has 1 N–H and O–H groups in total. The number of alkyl halides is 3. The molecular weight excluding hydrogens is 439 g/mol. The van der Waals surface area contributed by atoms with Crippen LogP contribution >= 0.6 is 0 Å². The van der Waals surface area contributed by atoms with Crippen LogP contribution in [0.15, 0.2) is 41.4 Å². The third-order valence-electron chi connectivity index (χ3n) is 4.22. The average Bonchev–Trinajstić information content (AvgIpc) is 3.14. The Morgan fingerprint density at radius 3 is 2.42 bits per heavy atom. The van der Waals surface area contributed by atoms with E-state index in [1.54, 1.807) is 6.92 Å². The standard InChI is InChI=1S/C18H16F3N5O4S/c1-10-4-5-11(31(3,28)29)8-13(10)23-17(27)12-9-22-26(16(12)18(19,20)21)14-6-7-15(30-2)25-24-14/h4-9H,1-3H3,(H,23,27). The molecule has 3 aromatic rings. The number of hydrogen-bond acceptors (Lipinski definition) is 7. The number of nitrogens with zero attached hydrogens (tertiary/aromatic N) is 4. The topological polar surface area (TPSA) is 116 Å². The molecule has 164 valence electrons. The maximum atomic E-state index is 13.8. The van der Waals surface area contributed by atoms with Crippen LogP contribution in [0.25, 0.3) is 5.82 Å². The van der Waals surface area contributed by atoms with Gasteiger partial charge in [0.2, 0.25) is 5.88 Å². The monoisotopic (exact) mass is 455 g/mol. The van der Waals surface area contributed by atoms with Crippen molar-refractivity contribution in [3.63, 3.8) is 0 Å². The van der Waals surface area contributed by atoms with E-state index in [9.17, 15) is 26.4 Å². The second-order valence-corrected chi connectivity index (χ2v) is 8.47. The van der Waals surface area contributed by atoms with Crippen LogP contribution in [-0.2, 0) is 16.0 Å². The Labute approximate surface area is 174 Å². The minimum atomic E-state index is -4.95. The number of benzene rings is 1. The third kappa shape index (κ3) is 4.66. The van der Waals surface area contributed by atoms with E-state index in [2.05, 4.69) is 20.6 Å². The van der Waals surface area contributed by atoms with Crippen LogP contribution in [0, 0.1) is 6.92 Å². The predicted octanol–water partition coefficient (Wildman–Crippen LogP) is 2.65. The number of carbonyl (C=O) groups excluding carboxylic acids is 1. The second kappa shape index (κ2) is 7.98. The first-order valence-corrected chi connectivity index (χ1v) is 10.5. The Bertz CT molecular complexity index is 1240. The second-order valence-electron chi connectivity index (χ2n) is 6.45. The number of rotatable bonds is 5. The van der Waals surface area contributed by atoms with Gasteiger partial charge in [-0.25, -0.2) is 13.1 Å². The lowest BCUT2D eigenvalue weighted by atomic mass is 10.1. The van der Waals surface area contributed by atoms with Crippen LogP contribution < -0.4 is 10.1 Å². The molecule has 1 aromatic carbocycles. The lowest BCUT2D eigenvalue weighted by molar-refractivity contribution is -0.143. The van der Waals surface area contributed by atoms with Gasteiger partial charge in [0.05, 0.1) is 23.8 Å². The van der Waals surface area contributed by atoms with Gasteiger partial charge in [-0.15, -0.1) is 10.2 Å². The van der Waals surface area contributed by atoms with E-state index in [4.69, 9.17) is 4.74 Å². The number of anilines is 1. The molecule has 0 saturated carbocycles. The SMILES string of the molecule is COc1ccc(-n2ncc(C(=O)Nc3cc(S(C)(=O)=O)ccc3C)c2C(F)(F)F)nn1. The summed E-state index contributed by atoms with van der Waals surface area (Å²) in [5, 5.41) is 13.2. The molecule has 0 spiro atoms. The molecule has 0 aliphatic rings. The van der Waals surface area contributed by atoms with Crippen molar-refractivity contribution >= 4 is 21.4 Å². The zero-order valence-electron chi connectivity index (χ0n) is 16.4. The zero-order chi connectivity index (χ0) is 23.0. The molecule has 0 unspecified atom stereocenters. The fraction of sp³-hybridized carbons (Fsp3) is 0.222. The number of ether oxygens (including phenoxy) is 1. The van der Waals surface area contributed by atoms with E-state index in [1.807, 2.05) is 0 Å². The molecule has 0 radical (unpaired) electrons. The van der Waals surface area contributed by atoms with Crippen LogP contribution in [-0.4, -0.2) is 47.7 Å². The lowest BCUT2D eigenvalue weighted by Gasteiger charge is -2.13. The highest BCUT2D eigenvalue weighted by atomic mass is 32.2. The zero-order valence-corrected chi connectivity index (χ0v) is 17.2. The number of aromatic nitrogens is 4. The number of carbonyl (C=O) groups is 1. The van der Waals surface area contributed by atoms with Gasteiger partial charge in [-0.3, -0.25) is 4.79 Å². The lowest BCUT2D eigenvalue weighted by Crippen LogP contribution is -2.21. The van der Waals surface area contributed by atoms with Crippen molar-refractivity contribution in [3.8, 4) is 11.7 Å². The van der Waals surface area contributed by atoms with Crippen molar-refractivity contribution < 1.29 is 31.1 Å². The number of nitrogens with one attached hydrogen (secondary N) is 1. The molecule has 2 aromatic heterocycles. The molecule has 0 bridgehead atoms. The fourth-order valence-corrected chi connectivity index (χ4v) is 3.30. The van der Waals surface area contributed by atoms with E-state index >= 15 is 0 Å². The highest BCUT2D eigenvalue weighted by Crippen LogP contribution is 2.34. The molecule has 0 aliphatic carbocycles. The number of methoxy groups -OCH3 is 1. The average molecular weight is 455 g/mol. The predicted molar refractivity (Wildman–Crippen MR) is 103 cm³/mol. The Morgan fingerprint density at radius 2 is 1.87 bits per heavy atom. The smallest absolute Gasteiger partial charge is 0.434 e. The van der Waals surface area contributed by atoms with Gasteiger partial charge in [0, 0.05) is 18.0 Å². The van der Waals surface area contributed by atoms with Gasteiger partial charge in [0.1, 0.15) is 0 Å². The van der Waals surface area contributed by atoms with Crippen molar-refractivity contribution in [2.24, 2.45) is 0 Å². The van der Waals surface area contributed by atoms with Crippen LogP contribution in [0.5, 0.6) is 5.88 Å². The first kappa shape index (κ1) is 22.2. The van der Waals surface area contributed by atoms with Crippen molar-refractivity contribution in [2.45, 2.75) is 18.0 Å². The summed E-state index contributed by atoms with van der Waals surface area (Å²) in [6.45, 7) is 1.57. The van der Waals surface area contributed by atoms with Crippen molar-refractivity contribution in [1.82, 2.24) is 20.0 Å². The summed E-state index contributed by atoms with van der Waals surface area (Å²) in [6, 6.07) is 6.45. The number of amides is 1. The normalized spacial score (nSPS) is 11.9. The molecular formula is C18H16F3N5O4S. The molecule has 0 aliphatic heterocycles. The van der Waals surface area contributed by atoms with Crippen LogP contribution in [0.1, 0.15) is 21.6 Å². The first-order chi connectivity index (χ1) is 14.4. The van der Waals surface area contributed by atoms with Crippen molar-refractivity contribution in [1.29, 1.82) is 0 Å². The quantitative estimate of drug-likeness (QED) is 0.629. The van der Waals surface area contributed by atoms with E-state index in [1.165, 1.54) is 37.4 Å². The Morgan fingerprint density at radius 1 is 1.16 bits per heavy atom. The number of aryl methyl sites for hydroxylation is 1. The van der Waals surface area contributed by atoms with Crippen molar-refractivity contribution in [3.05, 3.63) is 53.3 Å². The van der Waals surface area contributed by atoms with Crippen LogP contribution in [0.4, 0.5) is 18.9 Å². The fourth-order valence-electron chi connectivity index (χ4n) is 2.65. The third-order valence-corrected chi connectivity index (χ3v) is 5.33. The van der Waals surface area contributed by atoms with E-state index in [-0.39, 0.29) is 22.3 Å². The molecule has 13 heteroatoms. The number of hydrogen-bond donors (Lipinski definition) is 1. The Hall–Kier alpha value is -3.48. The summed E-state index contributed by atoms with van der Waals surface area (Å²) < 4.78 is 70.1. The summed E-state index contributed by atoms with van der Waals surface area (Å²) in [5.74, 6) is -1.31. The summed E-state index contributed by atoms with van der Waals surface area (Å²) >= 11 is 0. The van der Waals surface area contributed by atoms with Gasteiger partial charge in [0.25, 0.3) is 5.91 Å². The maximum Gasteiger partial charge on any atom is 0.434 e. The van der Waals surface area contributed by atoms with Gasteiger partial charge < -0.3 is 10.1 Å². The molecule has 9 nitrogen and oxygen atoms in total. The largest absolute Gasteiger partial charge is 0.480 e. The Balaban J connectivity index is 2.03. The molecule has 31 heavy (non-hydrogen) atoms. The number of halogens is 3. The molecule has 3 rings (SSSR count). The van der Waals surface area contributed by atoms with Gasteiger partial charge in [0.15, 0.2) is 21.3 Å². The molecule has 0 saturated heterocycles. The van der Waals surface area contributed by atoms with E-state index in [0.717, 1.165) is 12.5 Å². The van der Waals surface area contributed by atoms with Crippen LogP contribution in [0.2, 0.25) is 0 Å². The van der Waals surface area contributed by atoms with Gasteiger partial charge in [-0.05, 0) is 30.7 Å². The molecule has 0 fully saturated rings. The maximum absolute atomic E-state index is 13.8. The van der Waals surface area contributed by atoms with Crippen LogP contribution in [0.3, 0.4) is 0 Å². The summed E-state index contributed by atoms with van der Waals surface area (Å²) in [7, 11) is -2.26. The molecule has 0 atom stereocenters. The summed E-state index contributed by atoms with van der Waals surface area (Å²) in [6.07, 6.45) is -3.22. The summed E-state index contributed by atoms with van der Waals surface area (Å²) in [4.78, 5) is 12.6. The van der Waals surface area contributed by atoms with Crippen molar-refractivity contribution in [2.75, 3.05) is 18.7 Å². The van der Waals surface area contributed by atoms with E-state index in [0.29, 0.717) is 10.2 Å². The highest BCUT2D eigenvalue weighted by Gasteiger charge is 2.41. The summed E-state index contributed by atoms with van der Waals surface area (Å²) in [5.41, 5.74) is -1.61. The van der Waals surface area contributed by atoms with E-state index < -0.39 is 33.2 Å². The van der Waals surface area contributed by atoms with Gasteiger partial charge in [-0.2, -0.15) is 18.3 Å². The first-order valence-electron chi connectivity index (χ1n) is 8.57.